The molecule has 0 bridgehead atoms. The topological polar surface area (TPSA) is 46.5 Å². The molecule has 1 saturated carbocycles. The summed E-state index contributed by atoms with van der Waals surface area (Å²) in [7, 11) is 0. The third-order valence-electron chi connectivity index (χ3n) is 5.33. The van der Waals surface area contributed by atoms with Gasteiger partial charge in [-0.15, -0.1) is 0 Å². The second-order valence-electron chi connectivity index (χ2n) is 7.20. The summed E-state index contributed by atoms with van der Waals surface area (Å²) in [4.78, 5) is 4.57. The monoisotopic (exact) mass is 344 g/mol. The molecule has 0 aliphatic heterocycles. The zero-order chi connectivity index (χ0) is 17.6. The zero-order valence-electron chi connectivity index (χ0n) is 14.5. The van der Waals surface area contributed by atoms with Crippen molar-refractivity contribution in [2.24, 2.45) is 5.92 Å². The summed E-state index contributed by atoms with van der Waals surface area (Å²) in [6, 6.07) is 4.12. The highest BCUT2D eigenvalue weighted by molar-refractivity contribution is 5.82. The maximum absolute atomic E-state index is 13.4. The number of H-pyrrole nitrogens is 1. The van der Waals surface area contributed by atoms with Gasteiger partial charge in [0.25, 0.3) is 0 Å². The van der Waals surface area contributed by atoms with E-state index in [-0.39, 0.29) is 12.8 Å². The minimum Gasteiger partial charge on any atom is -0.346 e. The van der Waals surface area contributed by atoms with Crippen molar-refractivity contribution in [2.45, 2.75) is 52.0 Å². The Morgan fingerprint density at radius 1 is 1.28 bits per heavy atom. The van der Waals surface area contributed by atoms with E-state index in [1.807, 2.05) is 32.3 Å². The van der Waals surface area contributed by atoms with Gasteiger partial charge in [0.15, 0.2) is 0 Å². The first kappa shape index (κ1) is 16.2. The molecule has 6 heteroatoms. The van der Waals surface area contributed by atoms with Gasteiger partial charge in [-0.3, -0.25) is 10.1 Å². The Morgan fingerprint density at radius 3 is 2.72 bits per heavy atom. The number of halogens is 2. The predicted molar refractivity (Wildman–Crippen MR) is 93.7 cm³/mol. The molecule has 0 atom stereocenters. The van der Waals surface area contributed by atoms with E-state index in [0.717, 1.165) is 40.1 Å². The molecule has 1 N–H and O–H groups in total. The zero-order valence-corrected chi connectivity index (χ0v) is 14.5. The van der Waals surface area contributed by atoms with Crippen molar-refractivity contribution < 1.29 is 8.78 Å². The predicted octanol–water partition coefficient (Wildman–Crippen LogP) is 4.87. The summed E-state index contributed by atoms with van der Waals surface area (Å²) in [6.07, 6.45) is 5.07. The maximum Gasteiger partial charge on any atom is 0.248 e. The van der Waals surface area contributed by atoms with Crippen molar-refractivity contribution in [3.05, 3.63) is 35.9 Å². The Balaban J connectivity index is 1.63. The number of nitrogens with one attached hydrogen (secondary N) is 1. The van der Waals surface area contributed by atoms with Crippen LogP contribution in [-0.2, 0) is 6.54 Å². The van der Waals surface area contributed by atoms with Gasteiger partial charge >= 0.3 is 0 Å². The van der Waals surface area contributed by atoms with Crippen molar-refractivity contribution in [3.63, 3.8) is 0 Å². The average Bonchev–Trinajstić information content (AvgIpc) is 3.12. The number of aromatic amines is 1. The lowest BCUT2D eigenvalue weighted by Crippen LogP contribution is -2.26. The summed E-state index contributed by atoms with van der Waals surface area (Å²) < 4.78 is 28.9. The molecule has 132 valence electrons. The number of aryl methyl sites for hydroxylation is 2. The molecular weight excluding hydrogens is 322 g/mol. The lowest BCUT2D eigenvalue weighted by Gasteiger charge is -2.28. The van der Waals surface area contributed by atoms with Crippen LogP contribution in [0.25, 0.3) is 22.2 Å². The minimum atomic E-state index is -2.47. The van der Waals surface area contributed by atoms with Gasteiger partial charge in [-0.1, -0.05) is 0 Å². The number of pyridine rings is 1. The Morgan fingerprint density at radius 2 is 2.04 bits per heavy atom. The van der Waals surface area contributed by atoms with Crippen LogP contribution in [-0.4, -0.2) is 25.7 Å². The minimum absolute atomic E-state index is 0.00771. The van der Waals surface area contributed by atoms with Crippen LogP contribution in [0.1, 0.15) is 37.1 Å². The van der Waals surface area contributed by atoms with Crippen LogP contribution in [0, 0.1) is 19.8 Å². The summed E-state index contributed by atoms with van der Waals surface area (Å²) >= 11 is 0. The molecule has 4 nitrogen and oxygen atoms in total. The molecule has 0 amide bonds. The Bertz CT molecular complexity index is 880. The standard InChI is InChI=1S/C19H22F2N4/c1-12-18(13(2)24-23-12)15-9-17-16(22-10-15)5-8-25(17)11-14-3-6-19(20,21)7-4-14/h5,8-10,14H,3-4,6-7,11H2,1-2H3,(H,23,24). The smallest absolute Gasteiger partial charge is 0.248 e. The first-order valence-corrected chi connectivity index (χ1v) is 8.77. The number of aromatic nitrogens is 4. The molecule has 1 aliphatic carbocycles. The number of rotatable bonds is 3. The van der Waals surface area contributed by atoms with Crippen LogP contribution in [0.3, 0.4) is 0 Å². The van der Waals surface area contributed by atoms with Gasteiger partial charge in [0.05, 0.1) is 16.7 Å². The van der Waals surface area contributed by atoms with E-state index in [4.69, 9.17) is 0 Å². The van der Waals surface area contributed by atoms with Crippen LogP contribution in [0.5, 0.6) is 0 Å². The Hall–Kier alpha value is -2.24. The van der Waals surface area contributed by atoms with E-state index in [9.17, 15) is 8.78 Å². The fourth-order valence-corrected chi connectivity index (χ4v) is 3.90. The van der Waals surface area contributed by atoms with Gasteiger partial charge in [-0.05, 0) is 44.7 Å². The molecule has 3 heterocycles. The van der Waals surface area contributed by atoms with Crippen molar-refractivity contribution >= 4 is 11.0 Å². The molecule has 1 aliphatic rings. The van der Waals surface area contributed by atoms with Crippen LogP contribution >= 0.6 is 0 Å². The highest BCUT2D eigenvalue weighted by Gasteiger charge is 2.34. The highest BCUT2D eigenvalue weighted by atomic mass is 19.3. The number of fused-ring (bicyclic) bond motifs is 1. The molecule has 0 unspecified atom stereocenters. The van der Waals surface area contributed by atoms with E-state index in [1.54, 1.807) is 0 Å². The van der Waals surface area contributed by atoms with E-state index in [1.165, 1.54) is 0 Å². The highest BCUT2D eigenvalue weighted by Crippen LogP contribution is 2.37. The van der Waals surface area contributed by atoms with Gasteiger partial charge in [-0.2, -0.15) is 5.10 Å². The van der Waals surface area contributed by atoms with Gasteiger partial charge in [0.1, 0.15) is 0 Å². The van der Waals surface area contributed by atoms with Gasteiger partial charge in [0.2, 0.25) is 5.92 Å². The molecule has 3 aromatic rings. The molecule has 0 saturated heterocycles. The molecule has 0 spiro atoms. The van der Waals surface area contributed by atoms with E-state index >= 15 is 0 Å². The summed E-state index contributed by atoms with van der Waals surface area (Å²) in [6.45, 7) is 4.75. The SMILES string of the molecule is Cc1n[nH]c(C)c1-c1cnc2ccn(CC3CCC(F)(F)CC3)c2c1. The molecule has 1 fully saturated rings. The van der Waals surface area contributed by atoms with Crippen molar-refractivity contribution in [1.29, 1.82) is 0 Å². The third-order valence-corrected chi connectivity index (χ3v) is 5.33. The van der Waals surface area contributed by atoms with E-state index < -0.39 is 5.92 Å². The first-order valence-electron chi connectivity index (χ1n) is 8.77. The average molecular weight is 344 g/mol. The Labute approximate surface area is 145 Å². The first-order chi connectivity index (χ1) is 11.9. The second kappa shape index (κ2) is 5.93. The molecule has 0 radical (unpaired) electrons. The van der Waals surface area contributed by atoms with Crippen molar-refractivity contribution in [1.82, 2.24) is 19.7 Å². The van der Waals surface area contributed by atoms with Crippen LogP contribution in [0.4, 0.5) is 8.78 Å². The molecule has 4 rings (SSSR count). The summed E-state index contributed by atoms with van der Waals surface area (Å²) in [5.74, 6) is -2.17. The second-order valence-corrected chi connectivity index (χ2v) is 7.20. The van der Waals surface area contributed by atoms with E-state index in [2.05, 4.69) is 25.8 Å². The number of hydrogen-bond donors (Lipinski definition) is 1. The molecule has 25 heavy (non-hydrogen) atoms. The summed E-state index contributed by atoms with van der Waals surface area (Å²) in [5.41, 5.74) is 6.07. The molecule has 3 aromatic heterocycles. The fourth-order valence-electron chi connectivity index (χ4n) is 3.90. The lowest BCUT2D eigenvalue weighted by atomic mass is 9.87. The third kappa shape index (κ3) is 3.05. The maximum atomic E-state index is 13.4. The number of hydrogen-bond acceptors (Lipinski definition) is 2. The van der Waals surface area contributed by atoms with Crippen LogP contribution in [0.2, 0.25) is 0 Å². The van der Waals surface area contributed by atoms with Crippen LogP contribution < -0.4 is 0 Å². The van der Waals surface area contributed by atoms with Crippen molar-refractivity contribution in [3.8, 4) is 11.1 Å². The molecule has 0 aromatic carbocycles. The largest absolute Gasteiger partial charge is 0.346 e. The number of nitrogens with zero attached hydrogens (tertiary/aromatic N) is 3. The van der Waals surface area contributed by atoms with Gasteiger partial charge < -0.3 is 4.57 Å². The van der Waals surface area contributed by atoms with Crippen molar-refractivity contribution in [2.75, 3.05) is 0 Å². The Kier molecular flexibility index (Phi) is 3.85. The quantitative estimate of drug-likeness (QED) is 0.737. The lowest BCUT2D eigenvalue weighted by molar-refractivity contribution is -0.0472. The molecular formula is C19H22F2N4. The number of alkyl halides is 2. The summed E-state index contributed by atoms with van der Waals surface area (Å²) in [5, 5.41) is 7.27. The van der Waals surface area contributed by atoms with Gasteiger partial charge in [-0.25, -0.2) is 8.78 Å². The van der Waals surface area contributed by atoms with Gasteiger partial charge in [0, 0.05) is 48.6 Å². The van der Waals surface area contributed by atoms with E-state index in [0.29, 0.717) is 18.8 Å². The normalized spacial score (nSPS) is 18.1. The van der Waals surface area contributed by atoms with Crippen LogP contribution in [0.15, 0.2) is 24.5 Å². The fraction of sp³-hybridized carbons (Fsp3) is 0.474.